The fourth-order valence-electron chi connectivity index (χ4n) is 2.73. The molecule has 1 unspecified atom stereocenters. The molecule has 2 rings (SSSR count). The summed E-state index contributed by atoms with van der Waals surface area (Å²) in [5, 5.41) is 6.77. The van der Waals surface area contributed by atoms with Crippen LogP contribution in [0.1, 0.15) is 29.5 Å². The van der Waals surface area contributed by atoms with E-state index in [2.05, 4.69) is 71.9 Å². The lowest BCUT2D eigenvalue weighted by Crippen LogP contribution is -2.38. The van der Waals surface area contributed by atoms with Crippen LogP contribution >= 0.6 is 0 Å². The predicted molar refractivity (Wildman–Crippen MR) is 112 cm³/mol. The summed E-state index contributed by atoms with van der Waals surface area (Å²) < 4.78 is 10.9. The highest BCUT2D eigenvalue weighted by atomic mass is 16.5. The number of benzene rings is 2. The van der Waals surface area contributed by atoms with Crippen molar-refractivity contribution in [3.05, 3.63) is 65.2 Å². The Labute approximate surface area is 162 Å². The Morgan fingerprint density at radius 3 is 2.56 bits per heavy atom. The summed E-state index contributed by atoms with van der Waals surface area (Å²) in [7, 11) is 3.46. The first kappa shape index (κ1) is 20.8. The van der Waals surface area contributed by atoms with Crippen LogP contribution in [0.5, 0.6) is 5.75 Å². The minimum atomic E-state index is 0.400. The Balaban J connectivity index is 1.90. The summed E-state index contributed by atoms with van der Waals surface area (Å²) in [6, 6.07) is 16.7. The van der Waals surface area contributed by atoms with Crippen molar-refractivity contribution >= 4 is 5.96 Å². The summed E-state index contributed by atoms with van der Waals surface area (Å²) >= 11 is 0. The molecule has 146 valence electrons. The van der Waals surface area contributed by atoms with Crippen molar-refractivity contribution in [1.82, 2.24) is 10.6 Å². The van der Waals surface area contributed by atoms with E-state index in [9.17, 15) is 0 Å². The smallest absolute Gasteiger partial charge is 0.191 e. The van der Waals surface area contributed by atoms with Crippen molar-refractivity contribution in [3.8, 4) is 5.75 Å². The van der Waals surface area contributed by atoms with Crippen LogP contribution in [0, 0.1) is 6.92 Å². The van der Waals surface area contributed by atoms with Gasteiger partial charge in [-0.1, -0.05) is 49.4 Å². The van der Waals surface area contributed by atoms with E-state index in [0.717, 1.165) is 23.8 Å². The maximum Gasteiger partial charge on any atom is 0.191 e. The lowest BCUT2D eigenvalue weighted by Gasteiger charge is -2.18. The highest BCUT2D eigenvalue weighted by Crippen LogP contribution is 2.20. The molecule has 0 fully saturated rings. The van der Waals surface area contributed by atoms with Crippen LogP contribution < -0.4 is 15.4 Å². The van der Waals surface area contributed by atoms with Gasteiger partial charge in [0.2, 0.25) is 0 Å². The van der Waals surface area contributed by atoms with Gasteiger partial charge < -0.3 is 20.1 Å². The summed E-state index contributed by atoms with van der Waals surface area (Å²) in [4.78, 5) is 4.32. The van der Waals surface area contributed by atoms with Crippen molar-refractivity contribution in [2.24, 2.45) is 4.99 Å². The molecule has 0 aliphatic heterocycles. The number of nitrogens with one attached hydrogen (secondary N) is 2. The van der Waals surface area contributed by atoms with Gasteiger partial charge in [0.05, 0.1) is 6.61 Å². The standard InChI is InChI=1S/C22H31N3O2/c1-17-10-11-20(21(14-17)27-13-12-26-4)16-25-22(23-3)24-15-18(2)19-8-6-5-7-9-19/h5-11,14,18H,12-13,15-16H2,1-4H3,(H2,23,24,25). The van der Waals surface area contributed by atoms with Gasteiger partial charge in [-0.3, -0.25) is 4.99 Å². The molecule has 0 bridgehead atoms. The second kappa shape index (κ2) is 11.2. The molecular formula is C22H31N3O2. The molecule has 0 aromatic heterocycles. The number of aliphatic imine (C=N–C) groups is 1. The monoisotopic (exact) mass is 369 g/mol. The van der Waals surface area contributed by atoms with Gasteiger partial charge in [0.25, 0.3) is 0 Å². The molecular weight excluding hydrogens is 338 g/mol. The van der Waals surface area contributed by atoms with Crippen molar-refractivity contribution in [1.29, 1.82) is 0 Å². The predicted octanol–water partition coefficient (Wildman–Crippen LogP) is 3.49. The average Bonchev–Trinajstić information content (AvgIpc) is 2.70. The fourth-order valence-corrected chi connectivity index (χ4v) is 2.73. The molecule has 27 heavy (non-hydrogen) atoms. The van der Waals surface area contributed by atoms with Gasteiger partial charge >= 0.3 is 0 Å². The summed E-state index contributed by atoms with van der Waals surface area (Å²) in [5.41, 5.74) is 3.58. The molecule has 2 N–H and O–H groups in total. The van der Waals surface area contributed by atoms with E-state index in [1.807, 2.05) is 6.07 Å². The van der Waals surface area contributed by atoms with Gasteiger partial charge in [0, 0.05) is 32.8 Å². The lowest BCUT2D eigenvalue weighted by atomic mass is 10.0. The molecule has 0 heterocycles. The van der Waals surface area contributed by atoms with E-state index in [0.29, 0.717) is 25.7 Å². The van der Waals surface area contributed by atoms with Crippen molar-refractivity contribution < 1.29 is 9.47 Å². The van der Waals surface area contributed by atoms with Crippen LogP contribution in [0.3, 0.4) is 0 Å². The number of ether oxygens (including phenoxy) is 2. The first-order valence-electron chi connectivity index (χ1n) is 9.34. The van der Waals surface area contributed by atoms with Crippen molar-refractivity contribution in [3.63, 3.8) is 0 Å². The highest BCUT2D eigenvalue weighted by molar-refractivity contribution is 5.79. The first-order chi connectivity index (χ1) is 13.1. The molecule has 2 aromatic rings. The molecule has 0 radical (unpaired) electrons. The third-order valence-corrected chi connectivity index (χ3v) is 4.38. The number of guanidine groups is 1. The Kier molecular flexibility index (Phi) is 8.65. The minimum absolute atomic E-state index is 0.400. The number of hydrogen-bond donors (Lipinski definition) is 2. The third kappa shape index (κ3) is 6.94. The van der Waals surface area contributed by atoms with Crippen molar-refractivity contribution in [2.45, 2.75) is 26.3 Å². The van der Waals surface area contributed by atoms with E-state index >= 15 is 0 Å². The average molecular weight is 370 g/mol. The van der Waals surface area contributed by atoms with Gasteiger partial charge in [-0.25, -0.2) is 0 Å². The molecule has 1 atom stereocenters. The number of methoxy groups -OCH3 is 1. The number of nitrogens with zero attached hydrogens (tertiary/aromatic N) is 1. The zero-order valence-electron chi connectivity index (χ0n) is 16.8. The Bertz CT molecular complexity index is 717. The molecule has 0 saturated carbocycles. The first-order valence-corrected chi connectivity index (χ1v) is 9.34. The van der Waals surface area contributed by atoms with Gasteiger partial charge in [-0.2, -0.15) is 0 Å². The maximum atomic E-state index is 5.86. The Morgan fingerprint density at radius 1 is 1.07 bits per heavy atom. The third-order valence-electron chi connectivity index (χ3n) is 4.38. The molecule has 0 aliphatic carbocycles. The van der Waals surface area contributed by atoms with Gasteiger partial charge in [0.1, 0.15) is 12.4 Å². The lowest BCUT2D eigenvalue weighted by molar-refractivity contribution is 0.145. The van der Waals surface area contributed by atoms with Crippen LogP contribution in [0.4, 0.5) is 0 Å². The Hall–Kier alpha value is -2.53. The van der Waals surface area contributed by atoms with Crippen LogP contribution in [-0.2, 0) is 11.3 Å². The van der Waals surface area contributed by atoms with Crippen molar-refractivity contribution in [2.75, 3.05) is 33.9 Å². The van der Waals surface area contributed by atoms with E-state index in [-0.39, 0.29) is 0 Å². The molecule has 0 amide bonds. The molecule has 5 nitrogen and oxygen atoms in total. The second-order valence-corrected chi connectivity index (χ2v) is 6.57. The quantitative estimate of drug-likeness (QED) is 0.404. The van der Waals surface area contributed by atoms with Crippen LogP contribution in [0.2, 0.25) is 0 Å². The fraction of sp³-hybridized carbons (Fsp3) is 0.409. The summed E-state index contributed by atoms with van der Waals surface area (Å²) in [6.07, 6.45) is 0. The molecule has 0 aliphatic rings. The van der Waals surface area contributed by atoms with E-state index < -0.39 is 0 Å². The van der Waals surface area contributed by atoms with Gasteiger partial charge in [-0.15, -0.1) is 0 Å². The zero-order chi connectivity index (χ0) is 19.5. The largest absolute Gasteiger partial charge is 0.491 e. The summed E-state index contributed by atoms with van der Waals surface area (Å²) in [5.74, 6) is 2.06. The topological polar surface area (TPSA) is 54.9 Å². The molecule has 0 saturated heterocycles. The number of hydrogen-bond acceptors (Lipinski definition) is 3. The van der Waals surface area contributed by atoms with Crippen LogP contribution in [0.25, 0.3) is 0 Å². The maximum absolute atomic E-state index is 5.86. The molecule has 5 heteroatoms. The SMILES string of the molecule is CN=C(NCc1ccc(C)cc1OCCOC)NCC(C)c1ccccc1. The van der Waals surface area contributed by atoms with E-state index in [1.54, 1.807) is 14.2 Å². The summed E-state index contributed by atoms with van der Waals surface area (Å²) in [6.45, 7) is 6.83. The van der Waals surface area contributed by atoms with E-state index in [4.69, 9.17) is 9.47 Å². The Morgan fingerprint density at radius 2 is 1.85 bits per heavy atom. The minimum Gasteiger partial charge on any atom is -0.491 e. The molecule has 2 aromatic carbocycles. The van der Waals surface area contributed by atoms with Gasteiger partial charge in [0.15, 0.2) is 5.96 Å². The van der Waals surface area contributed by atoms with Crippen LogP contribution in [-0.4, -0.2) is 39.9 Å². The normalized spacial score (nSPS) is 12.5. The number of aryl methyl sites for hydroxylation is 1. The highest BCUT2D eigenvalue weighted by Gasteiger charge is 2.08. The van der Waals surface area contributed by atoms with Crippen LogP contribution in [0.15, 0.2) is 53.5 Å². The molecule has 0 spiro atoms. The van der Waals surface area contributed by atoms with E-state index in [1.165, 1.54) is 11.1 Å². The second-order valence-electron chi connectivity index (χ2n) is 6.57. The number of rotatable bonds is 9. The van der Waals surface area contributed by atoms with Gasteiger partial charge in [-0.05, 0) is 30.0 Å². The zero-order valence-corrected chi connectivity index (χ0v) is 16.8.